The van der Waals surface area contributed by atoms with Crippen molar-refractivity contribution in [1.82, 2.24) is 4.98 Å². The number of thiazole rings is 1. The zero-order chi connectivity index (χ0) is 13.0. The largest absolute Gasteiger partial charge is 0.402 e. The number of aryl methyl sites for hydroxylation is 3. The summed E-state index contributed by atoms with van der Waals surface area (Å²) in [6, 6.07) is 0. The van der Waals surface area contributed by atoms with Crippen molar-refractivity contribution in [3.05, 3.63) is 27.4 Å². The predicted octanol–water partition coefficient (Wildman–Crippen LogP) is 0.590. The van der Waals surface area contributed by atoms with Crippen molar-refractivity contribution in [1.29, 1.82) is 0 Å². The van der Waals surface area contributed by atoms with Crippen molar-refractivity contribution in [2.24, 2.45) is 11.5 Å². The van der Waals surface area contributed by atoms with Gasteiger partial charge in [0.05, 0.1) is 10.7 Å². The highest BCUT2D eigenvalue weighted by atomic mass is 32.1. The minimum atomic E-state index is -0.988. The van der Waals surface area contributed by atoms with Gasteiger partial charge in [0.25, 0.3) is 5.91 Å². The first-order valence-corrected chi connectivity index (χ1v) is 5.94. The Morgan fingerprint density at radius 3 is 2.47 bits per heavy atom. The second kappa shape index (κ2) is 5.58. The van der Waals surface area contributed by atoms with Gasteiger partial charge in [0.15, 0.2) is 0 Å². The average Bonchev–Trinajstić information content (AvgIpc) is 2.54. The summed E-state index contributed by atoms with van der Waals surface area (Å²) in [6.45, 7) is 3.88. The standard InChI is InChI=1S/C11H15N3O2S/c1-6-10(17-7(2)14-6)4-3-8(12)5-9(15)11(13)16/h5H,3-4,12H2,1-2H3,(H2,13,16)/b8-5-. The molecule has 6 heteroatoms. The summed E-state index contributed by atoms with van der Waals surface area (Å²) in [7, 11) is 0. The van der Waals surface area contributed by atoms with E-state index in [0.717, 1.165) is 21.7 Å². The maximum atomic E-state index is 11.0. The van der Waals surface area contributed by atoms with E-state index in [4.69, 9.17) is 11.5 Å². The SMILES string of the molecule is Cc1nc(C)c(CC/C(N)=C/C(=O)C(N)=O)s1. The number of allylic oxidation sites excluding steroid dienone is 1. The fraction of sp³-hybridized carbons (Fsp3) is 0.364. The molecule has 1 amide bonds. The molecule has 0 bridgehead atoms. The maximum Gasteiger partial charge on any atom is 0.289 e. The molecule has 1 aromatic rings. The van der Waals surface area contributed by atoms with Gasteiger partial charge in [-0.3, -0.25) is 9.59 Å². The molecule has 4 N–H and O–H groups in total. The van der Waals surface area contributed by atoms with Crippen LogP contribution in [0.1, 0.15) is 22.0 Å². The molecule has 1 rings (SSSR count). The molecule has 0 saturated heterocycles. The second-order valence-corrected chi connectivity index (χ2v) is 4.98. The zero-order valence-electron chi connectivity index (χ0n) is 9.82. The Bertz CT molecular complexity index is 477. The van der Waals surface area contributed by atoms with Crippen LogP contribution >= 0.6 is 11.3 Å². The minimum absolute atomic E-state index is 0.360. The molecule has 17 heavy (non-hydrogen) atoms. The minimum Gasteiger partial charge on any atom is -0.402 e. The van der Waals surface area contributed by atoms with Crippen LogP contribution in [0.15, 0.2) is 11.8 Å². The third-order valence-electron chi connectivity index (χ3n) is 2.20. The van der Waals surface area contributed by atoms with Gasteiger partial charge in [-0.25, -0.2) is 4.98 Å². The Morgan fingerprint density at radius 1 is 1.35 bits per heavy atom. The summed E-state index contributed by atoms with van der Waals surface area (Å²) in [4.78, 5) is 27.0. The first-order valence-electron chi connectivity index (χ1n) is 5.13. The molecule has 0 atom stereocenters. The van der Waals surface area contributed by atoms with E-state index >= 15 is 0 Å². The highest BCUT2D eigenvalue weighted by molar-refractivity contribution is 7.11. The molecular weight excluding hydrogens is 238 g/mol. The first kappa shape index (κ1) is 13.4. The third kappa shape index (κ3) is 3.99. The highest BCUT2D eigenvalue weighted by Gasteiger charge is 2.08. The lowest BCUT2D eigenvalue weighted by atomic mass is 10.1. The molecule has 0 saturated carbocycles. The monoisotopic (exact) mass is 253 g/mol. The predicted molar refractivity (Wildman–Crippen MR) is 66.4 cm³/mol. The van der Waals surface area contributed by atoms with Gasteiger partial charge < -0.3 is 11.5 Å². The summed E-state index contributed by atoms with van der Waals surface area (Å²) in [6.07, 6.45) is 2.32. The van der Waals surface area contributed by atoms with Crippen LogP contribution in [0.3, 0.4) is 0 Å². The van der Waals surface area contributed by atoms with E-state index in [9.17, 15) is 9.59 Å². The number of carbonyl (C=O) groups excluding carboxylic acids is 2. The van der Waals surface area contributed by atoms with Crippen LogP contribution < -0.4 is 11.5 Å². The van der Waals surface area contributed by atoms with Crippen LogP contribution in [-0.4, -0.2) is 16.7 Å². The van der Waals surface area contributed by atoms with Gasteiger partial charge in [0.2, 0.25) is 5.78 Å². The molecule has 0 aliphatic heterocycles. The van der Waals surface area contributed by atoms with E-state index in [1.807, 2.05) is 13.8 Å². The summed E-state index contributed by atoms with van der Waals surface area (Å²) in [5.41, 5.74) is 11.8. The van der Waals surface area contributed by atoms with E-state index in [-0.39, 0.29) is 0 Å². The van der Waals surface area contributed by atoms with Gasteiger partial charge in [-0.05, 0) is 26.7 Å². The van der Waals surface area contributed by atoms with Gasteiger partial charge in [0.1, 0.15) is 0 Å². The number of nitrogens with two attached hydrogens (primary N) is 2. The second-order valence-electron chi connectivity index (χ2n) is 3.69. The molecule has 92 valence electrons. The molecule has 0 radical (unpaired) electrons. The molecule has 1 aromatic heterocycles. The van der Waals surface area contributed by atoms with Crippen molar-refractivity contribution in [3.63, 3.8) is 0 Å². The number of hydrogen-bond donors (Lipinski definition) is 2. The molecule has 1 heterocycles. The van der Waals surface area contributed by atoms with E-state index < -0.39 is 11.7 Å². The quantitative estimate of drug-likeness (QED) is 0.592. The topological polar surface area (TPSA) is 99.1 Å². The number of carbonyl (C=O) groups is 2. The highest BCUT2D eigenvalue weighted by Crippen LogP contribution is 2.19. The van der Waals surface area contributed by atoms with Gasteiger partial charge in [-0.15, -0.1) is 11.3 Å². The smallest absolute Gasteiger partial charge is 0.289 e. The molecule has 0 unspecified atom stereocenters. The Hall–Kier alpha value is -1.69. The number of nitrogens with zero attached hydrogens (tertiary/aromatic N) is 1. The third-order valence-corrected chi connectivity index (χ3v) is 3.33. The van der Waals surface area contributed by atoms with Crippen LogP contribution in [0.2, 0.25) is 0 Å². The van der Waals surface area contributed by atoms with Gasteiger partial charge >= 0.3 is 0 Å². The number of aromatic nitrogens is 1. The molecule has 0 spiro atoms. The number of primary amides is 1. The molecular formula is C11H15N3O2S. The van der Waals surface area contributed by atoms with Crippen molar-refractivity contribution in [3.8, 4) is 0 Å². The molecule has 0 aliphatic carbocycles. The van der Waals surface area contributed by atoms with Gasteiger partial charge in [-0.2, -0.15) is 0 Å². The summed E-state index contributed by atoms with van der Waals surface area (Å²) >= 11 is 1.61. The first-order chi connectivity index (χ1) is 7.90. The lowest BCUT2D eigenvalue weighted by Crippen LogP contribution is -2.22. The Morgan fingerprint density at radius 2 is 2.00 bits per heavy atom. The number of amides is 1. The normalized spacial score (nSPS) is 11.5. The lowest BCUT2D eigenvalue weighted by Gasteiger charge is -1.99. The summed E-state index contributed by atoms with van der Waals surface area (Å²) in [5, 5.41) is 1.01. The van der Waals surface area contributed by atoms with Crippen LogP contribution in [0.25, 0.3) is 0 Å². The summed E-state index contributed by atoms with van der Waals surface area (Å²) in [5.74, 6) is -1.75. The van der Waals surface area contributed by atoms with Crippen LogP contribution in [0.4, 0.5) is 0 Å². The Labute approximate surface area is 104 Å². The van der Waals surface area contributed by atoms with Gasteiger partial charge in [-0.1, -0.05) is 0 Å². The number of rotatable bonds is 5. The number of hydrogen-bond acceptors (Lipinski definition) is 5. The van der Waals surface area contributed by atoms with Crippen molar-refractivity contribution >= 4 is 23.0 Å². The zero-order valence-corrected chi connectivity index (χ0v) is 10.6. The molecule has 5 nitrogen and oxygen atoms in total. The fourth-order valence-corrected chi connectivity index (χ4v) is 2.31. The Balaban J connectivity index is 2.59. The number of ketones is 1. The molecule has 0 fully saturated rings. The molecule has 0 aromatic carbocycles. The summed E-state index contributed by atoms with van der Waals surface area (Å²) < 4.78 is 0. The lowest BCUT2D eigenvalue weighted by molar-refractivity contribution is -0.133. The van der Waals surface area contributed by atoms with E-state index in [2.05, 4.69) is 4.98 Å². The van der Waals surface area contributed by atoms with E-state index in [1.165, 1.54) is 0 Å². The van der Waals surface area contributed by atoms with Gasteiger partial charge in [0, 0.05) is 16.7 Å². The van der Waals surface area contributed by atoms with E-state index in [1.54, 1.807) is 11.3 Å². The van der Waals surface area contributed by atoms with Crippen molar-refractivity contribution in [2.75, 3.05) is 0 Å². The van der Waals surface area contributed by atoms with Crippen LogP contribution in [-0.2, 0) is 16.0 Å². The Kier molecular flexibility index (Phi) is 4.39. The van der Waals surface area contributed by atoms with Crippen LogP contribution in [0, 0.1) is 13.8 Å². The maximum absolute atomic E-state index is 11.0. The van der Waals surface area contributed by atoms with Crippen molar-refractivity contribution in [2.45, 2.75) is 26.7 Å². The fourth-order valence-electron chi connectivity index (χ4n) is 1.37. The molecule has 0 aliphatic rings. The average molecular weight is 253 g/mol. The van der Waals surface area contributed by atoms with Crippen LogP contribution in [0.5, 0.6) is 0 Å². The van der Waals surface area contributed by atoms with E-state index in [0.29, 0.717) is 18.5 Å². The van der Waals surface area contributed by atoms with Crippen molar-refractivity contribution < 1.29 is 9.59 Å².